The van der Waals surface area contributed by atoms with E-state index >= 15 is 0 Å². The van der Waals surface area contributed by atoms with E-state index in [1.54, 1.807) is 36.3 Å². The molecule has 1 aromatic rings. The van der Waals surface area contributed by atoms with Crippen molar-refractivity contribution in [1.29, 1.82) is 0 Å². The van der Waals surface area contributed by atoms with E-state index in [1.807, 2.05) is 0 Å². The predicted molar refractivity (Wildman–Crippen MR) is 86.3 cm³/mol. The Hall–Kier alpha value is -2.12. The summed E-state index contributed by atoms with van der Waals surface area (Å²) in [5.41, 5.74) is 0.483. The number of nitrogens with zero attached hydrogens (tertiary/aromatic N) is 1. The summed E-state index contributed by atoms with van der Waals surface area (Å²) >= 11 is 0. The van der Waals surface area contributed by atoms with Gasteiger partial charge in [-0.3, -0.25) is 9.59 Å². The zero-order chi connectivity index (χ0) is 17.4. The summed E-state index contributed by atoms with van der Waals surface area (Å²) in [5.74, 6) is -0.537. The summed E-state index contributed by atoms with van der Waals surface area (Å²) in [5, 5.41) is 9.00. The molecule has 1 heterocycles. The summed E-state index contributed by atoms with van der Waals surface area (Å²) in [6.07, 6.45) is 0.637. The minimum Gasteiger partial charge on any atom is -0.493 e. The van der Waals surface area contributed by atoms with Gasteiger partial charge in [-0.05, 0) is 18.2 Å². The number of methoxy groups -OCH3 is 1. The number of hydrogen-bond donors (Lipinski definition) is 1. The van der Waals surface area contributed by atoms with E-state index in [1.165, 1.54) is 0 Å². The molecule has 24 heavy (non-hydrogen) atoms. The number of morpholine rings is 1. The number of carbonyl (C=O) groups excluding carboxylic acids is 1. The van der Waals surface area contributed by atoms with E-state index < -0.39 is 12.0 Å². The van der Waals surface area contributed by atoms with Crippen LogP contribution in [0.3, 0.4) is 0 Å². The average Bonchev–Trinajstić information content (AvgIpc) is 2.58. The van der Waals surface area contributed by atoms with Gasteiger partial charge in [0.05, 0.1) is 32.3 Å². The van der Waals surface area contributed by atoms with Crippen LogP contribution in [0.2, 0.25) is 0 Å². The number of aliphatic carboxylic acids is 1. The standard InChI is InChI=1S/C17H23NO6/c1-22-7-3-8-24-15-5-2-4-13(10-15)17(21)18-6-9-23-12-14(18)11-16(19)20/h2,4-5,10,14H,3,6-9,11-12H2,1H3,(H,19,20). The normalized spacial score (nSPS) is 17.5. The molecule has 1 atom stereocenters. The maximum absolute atomic E-state index is 12.7. The largest absolute Gasteiger partial charge is 0.493 e. The Kier molecular flexibility index (Phi) is 7.02. The van der Waals surface area contributed by atoms with Crippen LogP contribution in [-0.4, -0.2) is 68.0 Å². The van der Waals surface area contributed by atoms with Crippen LogP contribution in [0.25, 0.3) is 0 Å². The Morgan fingerprint density at radius 3 is 2.96 bits per heavy atom. The topological polar surface area (TPSA) is 85.3 Å². The van der Waals surface area contributed by atoms with Gasteiger partial charge in [-0.1, -0.05) is 6.07 Å². The van der Waals surface area contributed by atoms with Crippen LogP contribution in [-0.2, 0) is 14.3 Å². The number of carboxylic acids is 1. The maximum atomic E-state index is 12.7. The van der Waals surface area contributed by atoms with Crippen molar-refractivity contribution in [2.45, 2.75) is 18.9 Å². The van der Waals surface area contributed by atoms with Crippen LogP contribution in [0, 0.1) is 0 Å². The number of carboxylic acid groups (broad SMARTS) is 1. The Bertz CT molecular complexity index is 562. The monoisotopic (exact) mass is 337 g/mol. The molecule has 132 valence electrons. The molecular weight excluding hydrogens is 314 g/mol. The van der Waals surface area contributed by atoms with Crippen molar-refractivity contribution in [1.82, 2.24) is 4.90 Å². The Morgan fingerprint density at radius 1 is 1.38 bits per heavy atom. The molecule has 0 spiro atoms. The number of amides is 1. The molecule has 0 saturated carbocycles. The van der Waals surface area contributed by atoms with E-state index in [2.05, 4.69) is 0 Å². The van der Waals surface area contributed by atoms with Crippen molar-refractivity contribution in [3.63, 3.8) is 0 Å². The third-order valence-electron chi connectivity index (χ3n) is 3.74. The fraction of sp³-hybridized carbons (Fsp3) is 0.529. The summed E-state index contributed by atoms with van der Waals surface area (Å²) in [6, 6.07) is 6.48. The molecule has 1 fully saturated rings. The molecule has 0 bridgehead atoms. The van der Waals surface area contributed by atoms with Crippen LogP contribution in [0.1, 0.15) is 23.2 Å². The van der Waals surface area contributed by atoms with E-state index in [0.717, 1.165) is 6.42 Å². The van der Waals surface area contributed by atoms with Gasteiger partial charge in [0, 0.05) is 32.2 Å². The van der Waals surface area contributed by atoms with Gasteiger partial charge in [0.2, 0.25) is 0 Å². The molecule has 0 aromatic heterocycles. The summed E-state index contributed by atoms with van der Waals surface area (Å²) in [6.45, 7) is 2.16. The van der Waals surface area contributed by atoms with Gasteiger partial charge in [0.15, 0.2) is 0 Å². The van der Waals surface area contributed by atoms with Crippen molar-refractivity contribution in [3.05, 3.63) is 29.8 Å². The molecule has 1 unspecified atom stereocenters. The minimum absolute atomic E-state index is 0.126. The van der Waals surface area contributed by atoms with Crippen molar-refractivity contribution >= 4 is 11.9 Å². The molecule has 1 saturated heterocycles. The summed E-state index contributed by atoms with van der Waals surface area (Å²) in [4.78, 5) is 25.3. The van der Waals surface area contributed by atoms with Crippen molar-refractivity contribution in [2.75, 3.05) is 40.1 Å². The van der Waals surface area contributed by atoms with Crippen LogP contribution in [0.4, 0.5) is 0 Å². The van der Waals surface area contributed by atoms with E-state index in [9.17, 15) is 9.59 Å². The fourth-order valence-corrected chi connectivity index (χ4v) is 2.57. The highest BCUT2D eigenvalue weighted by molar-refractivity contribution is 5.95. The van der Waals surface area contributed by atoms with Gasteiger partial charge >= 0.3 is 5.97 Å². The molecule has 0 aliphatic carbocycles. The van der Waals surface area contributed by atoms with Gasteiger partial charge in [0.1, 0.15) is 5.75 Å². The van der Waals surface area contributed by atoms with Gasteiger partial charge in [-0.2, -0.15) is 0 Å². The van der Waals surface area contributed by atoms with Gasteiger partial charge in [-0.15, -0.1) is 0 Å². The first-order valence-electron chi connectivity index (χ1n) is 7.94. The third-order valence-corrected chi connectivity index (χ3v) is 3.74. The second-order valence-electron chi connectivity index (χ2n) is 5.55. The lowest BCUT2D eigenvalue weighted by molar-refractivity contribution is -0.139. The predicted octanol–water partition coefficient (Wildman–Crippen LogP) is 1.42. The molecule has 0 radical (unpaired) electrons. The molecule has 1 aliphatic rings. The number of hydrogen-bond acceptors (Lipinski definition) is 5. The first-order chi connectivity index (χ1) is 11.6. The van der Waals surface area contributed by atoms with Gasteiger partial charge < -0.3 is 24.2 Å². The first kappa shape index (κ1) is 18.2. The highest BCUT2D eigenvalue weighted by Crippen LogP contribution is 2.19. The zero-order valence-electron chi connectivity index (χ0n) is 13.8. The van der Waals surface area contributed by atoms with E-state index in [0.29, 0.717) is 37.7 Å². The Balaban J connectivity index is 2.03. The van der Waals surface area contributed by atoms with Crippen molar-refractivity contribution in [2.24, 2.45) is 0 Å². The fourth-order valence-electron chi connectivity index (χ4n) is 2.57. The lowest BCUT2D eigenvalue weighted by Crippen LogP contribution is -2.49. The molecule has 7 nitrogen and oxygen atoms in total. The zero-order valence-corrected chi connectivity index (χ0v) is 13.8. The highest BCUT2D eigenvalue weighted by Gasteiger charge is 2.29. The number of rotatable bonds is 8. The lowest BCUT2D eigenvalue weighted by atomic mass is 10.1. The summed E-state index contributed by atoms with van der Waals surface area (Å²) < 4.78 is 15.9. The van der Waals surface area contributed by atoms with Crippen LogP contribution < -0.4 is 4.74 Å². The quantitative estimate of drug-likeness (QED) is 0.722. The minimum atomic E-state index is -0.946. The lowest BCUT2D eigenvalue weighted by Gasteiger charge is -2.34. The number of carbonyl (C=O) groups is 2. The average molecular weight is 337 g/mol. The Morgan fingerprint density at radius 2 is 2.21 bits per heavy atom. The number of benzene rings is 1. The van der Waals surface area contributed by atoms with Crippen LogP contribution in [0.5, 0.6) is 5.75 Å². The SMILES string of the molecule is COCCCOc1cccc(C(=O)N2CCOCC2CC(=O)O)c1. The van der Waals surface area contributed by atoms with Crippen molar-refractivity contribution in [3.8, 4) is 5.75 Å². The van der Waals surface area contributed by atoms with Gasteiger partial charge in [0.25, 0.3) is 5.91 Å². The molecule has 7 heteroatoms. The van der Waals surface area contributed by atoms with Crippen LogP contribution >= 0.6 is 0 Å². The second-order valence-corrected chi connectivity index (χ2v) is 5.55. The molecule has 1 aliphatic heterocycles. The smallest absolute Gasteiger partial charge is 0.305 e. The summed E-state index contributed by atoms with van der Waals surface area (Å²) in [7, 11) is 1.63. The van der Waals surface area contributed by atoms with Gasteiger partial charge in [-0.25, -0.2) is 0 Å². The molecule has 1 aromatic carbocycles. The Labute approximate surface area is 141 Å². The molecular formula is C17H23NO6. The first-order valence-corrected chi connectivity index (χ1v) is 7.94. The molecule has 1 amide bonds. The second kappa shape index (κ2) is 9.24. The van der Waals surface area contributed by atoms with E-state index in [4.69, 9.17) is 19.3 Å². The number of ether oxygens (including phenoxy) is 3. The molecule has 2 rings (SSSR count). The van der Waals surface area contributed by atoms with Crippen molar-refractivity contribution < 1.29 is 28.9 Å². The van der Waals surface area contributed by atoms with Crippen LogP contribution in [0.15, 0.2) is 24.3 Å². The third kappa shape index (κ3) is 5.21. The molecule has 1 N–H and O–H groups in total. The maximum Gasteiger partial charge on any atom is 0.305 e. The highest BCUT2D eigenvalue weighted by atomic mass is 16.5. The van der Waals surface area contributed by atoms with E-state index in [-0.39, 0.29) is 18.9 Å².